The Morgan fingerprint density at radius 3 is 2.69 bits per heavy atom. The average molecular weight is 366 g/mol. The molecule has 4 nitrogen and oxygen atoms in total. The van der Waals surface area contributed by atoms with E-state index in [0.717, 1.165) is 23.2 Å². The predicted molar refractivity (Wildman–Crippen MR) is 92.6 cm³/mol. The Hall–Kier alpha value is -2.28. The van der Waals surface area contributed by atoms with Crippen LogP contribution in [-0.2, 0) is 4.79 Å². The predicted octanol–water partition coefficient (Wildman–Crippen LogP) is 4.36. The number of hydrazine groups is 1. The van der Waals surface area contributed by atoms with Gasteiger partial charge >= 0.3 is 6.18 Å². The van der Waals surface area contributed by atoms with E-state index in [1.807, 2.05) is 19.1 Å². The summed E-state index contributed by atoms with van der Waals surface area (Å²) in [7, 11) is 0. The number of hydrogen-bond acceptors (Lipinski definition) is 3. The zero-order valence-corrected chi connectivity index (χ0v) is 14.5. The summed E-state index contributed by atoms with van der Waals surface area (Å²) in [6, 6.07) is 8.26. The molecule has 0 unspecified atom stereocenters. The summed E-state index contributed by atoms with van der Waals surface area (Å²) >= 11 is 0. The molecule has 3 rings (SSSR count). The largest absolute Gasteiger partial charge is 0.493 e. The quantitative estimate of drug-likeness (QED) is 0.773. The second kappa shape index (κ2) is 7.53. The monoisotopic (exact) mass is 366 g/mol. The third kappa shape index (κ3) is 3.93. The molecule has 0 radical (unpaired) electrons. The third-order valence-corrected chi connectivity index (χ3v) is 4.39. The van der Waals surface area contributed by atoms with Gasteiger partial charge in [-0.25, -0.2) is 5.01 Å². The van der Waals surface area contributed by atoms with Crippen LogP contribution < -0.4 is 10.2 Å². The molecule has 26 heavy (non-hydrogen) atoms. The number of halogens is 3. The van der Waals surface area contributed by atoms with Crippen LogP contribution in [0.4, 0.5) is 13.2 Å². The zero-order valence-electron chi connectivity index (χ0n) is 14.5. The number of carbonyl (C=O) groups excluding carboxylic acids is 1. The lowest BCUT2D eigenvalue weighted by atomic mass is 10.00. The van der Waals surface area contributed by atoms with E-state index >= 15 is 0 Å². The number of nitrogens with zero attached hydrogens (tertiary/aromatic N) is 1. The molecule has 1 atom stereocenters. The van der Waals surface area contributed by atoms with Crippen LogP contribution in [0.15, 0.2) is 36.4 Å². The molecule has 1 aliphatic heterocycles. The summed E-state index contributed by atoms with van der Waals surface area (Å²) in [6.45, 7) is 2.48. The van der Waals surface area contributed by atoms with Crippen molar-refractivity contribution >= 4 is 16.7 Å². The van der Waals surface area contributed by atoms with Crippen molar-refractivity contribution in [3.05, 3.63) is 42.0 Å². The van der Waals surface area contributed by atoms with E-state index < -0.39 is 18.1 Å². The Morgan fingerprint density at radius 2 is 2.04 bits per heavy atom. The summed E-state index contributed by atoms with van der Waals surface area (Å²) in [4.78, 5) is 11.4. The molecule has 1 fully saturated rings. The van der Waals surface area contributed by atoms with Gasteiger partial charge in [0.15, 0.2) is 0 Å². The fraction of sp³-hybridized carbons (Fsp3) is 0.421. The van der Waals surface area contributed by atoms with Crippen molar-refractivity contribution in [1.29, 1.82) is 0 Å². The minimum absolute atomic E-state index is 0.0157. The van der Waals surface area contributed by atoms with E-state index in [-0.39, 0.29) is 18.5 Å². The van der Waals surface area contributed by atoms with Crippen molar-refractivity contribution in [3.8, 4) is 5.75 Å². The van der Waals surface area contributed by atoms with Crippen molar-refractivity contribution < 1.29 is 22.7 Å². The van der Waals surface area contributed by atoms with E-state index in [0.29, 0.717) is 17.7 Å². The lowest BCUT2D eigenvalue weighted by molar-refractivity contribution is -0.191. The highest BCUT2D eigenvalue weighted by atomic mass is 19.4. The fourth-order valence-corrected chi connectivity index (χ4v) is 3.13. The number of benzene rings is 2. The van der Waals surface area contributed by atoms with Crippen molar-refractivity contribution in [1.82, 2.24) is 10.4 Å². The zero-order chi connectivity index (χ0) is 18.7. The van der Waals surface area contributed by atoms with Gasteiger partial charge in [0.05, 0.1) is 6.61 Å². The number of rotatable bonds is 6. The molecule has 7 heteroatoms. The van der Waals surface area contributed by atoms with Gasteiger partial charge in [-0.1, -0.05) is 37.6 Å². The molecule has 140 valence electrons. The maximum Gasteiger partial charge on any atom is 0.409 e. The molecule has 0 spiro atoms. The van der Waals surface area contributed by atoms with Crippen LogP contribution in [0, 0.1) is 0 Å². The van der Waals surface area contributed by atoms with Gasteiger partial charge in [0.25, 0.3) is 0 Å². The summed E-state index contributed by atoms with van der Waals surface area (Å²) in [5.74, 6) is 0.0331. The maximum atomic E-state index is 13.8. The summed E-state index contributed by atoms with van der Waals surface area (Å²) < 4.78 is 47.1. The first-order valence-corrected chi connectivity index (χ1v) is 8.68. The Kier molecular flexibility index (Phi) is 5.36. The molecule has 0 aromatic heterocycles. The van der Waals surface area contributed by atoms with E-state index in [1.165, 1.54) is 12.1 Å². The molecule has 2 aromatic carbocycles. The van der Waals surface area contributed by atoms with E-state index in [9.17, 15) is 18.0 Å². The highest BCUT2D eigenvalue weighted by Gasteiger charge is 2.47. The molecule has 1 heterocycles. The Balaban J connectivity index is 2.04. The highest BCUT2D eigenvalue weighted by Crippen LogP contribution is 2.41. The first kappa shape index (κ1) is 18.5. The van der Waals surface area contributed by atoms with Gasteiger partial charge in [-0.3, -0.25) is 10.2 Å². The number of carbonyl (C=O) groups is 1. The van der Waals surface area contributed by atoms with Crippen LogP contribution in [0.25, 0.3) is 10.8 Å². The number of amides is 1. The van der Waals surface area contributed by atoms with Gasteiger partial charge in [0, 0.05) is 18.4 Å². The van der Waals surface area contributed by atoms with Crippen molar-refractivity contribution in [2.75, 3.05) is 13.2 Å². The second-order valence-corrected chi connectivity index (χ2v) is 6.36. The van der Waals surface area contributed by atoms with Gasteiger partial charge in [-0.05, 0) is 29.5 Å². The fourth-order valence-electron chi connectivity index (χ4n) is 3.13. The van der Waals surface area contributed by atoms with E-state index in [1.54, 1.807) is 12.1 Å². The maximum absolute atomic E-state index is 13.8. The minimum atomic E-state index is -4.53. The van der Waals surface area contributed by atoms with Crippen LogP contribution in [0.2, 0.25) is 0 Å². The van der Waals surface area contributed by atoms with Crippen molar-refractivity contribution in [2.24, 2.45) is 0 Å². The van der Waals surface area contributed by atoms with Gasteiger partial charge in [0.2, 0.25) is 5.91 Å². The molecule has 1 N–H and O–H groups in total. The molecule has 1 saturated heterocycles. The van der Waals surface area contributed by atoms with E-state index in [4.69, 9.17) is 4.74 Å². The lowest BCUT2D eigenvalue weighted by Gasteiger charge is -2.29. The van der Waals surface area contributed by atoms with Crippen LogP contribution in [0.3, 0.4) is 0 Å². The summed E-state index contributed by atoms with van der Waals surface area (Å²) in [5, 5.41) is 2.41. The molecule has 2 aromatic rings. The Labute approximate surface area is 149 Å². The summed E-state index contributed by atoms with van der Waals surface area (Å²) in [5.41, 5.74) is 2.37. The Bertz CT molecular complexity index is 792. The Morgan fingerprint density at radius 1 is 1.27 bits per heavy atom. The highest BCUT2D eigenvalue weighted by molar-refractivity contribution is 5.89. The first-order valence-electron chi connectivity index (χ1n) is 8.68. The normalized spacial score (nSPS) is 16.7. The average Bonchev–Trinajstić information content (AvgIpc) is 2.99. The molecule has 1 aliphatic rings. The summed E-state index contributed by atoms with van der Waals surface area (Å²) in [6.07, 6.45) is -2.72. The molecule has 0 aliphatic carbocycles. The first-order chi connectivity index (χ1) is 12.4. The van der Waals surface area contributed by atoms with Gasteiger partial charge in [-0.15, -0.1) is 0 Å². The number of alkyl halides is 3. The molecular formula is C19H21F3N2O2. The molecular weight excluding hydrogens is 345 g/mol. The van der Waals surface area contributed by atoms with E-state index in [2.05, 4.69) is 5.43 Å². The minimum Gasteiger partial charge on any atom is -0.493 e. The smallest absolute Gasteiger partial charge is 0.409 e. The van der Waals surface area contributed by atoms with Crippen LogP contribution in [0.5, 0.6) is 5.75 Å². The molecule has 0 saturated carbocycles. The second-order valence-electron chi connectivity index (χ2n) is 6.36. The molecule has 1 amide bonds. The van der Waals surface area contributed by atoms with Crippen LogP contribution in [0.1, 0.15) is 37.8 Å². The number of hydrogen-bond donors (Lipinski definition) is 1. The third-order valence-electron chi connectivity index (χ3n) is 4.39. The topological polar surface area (TPSA) is 41.6 Å². The SMILES string of the molecule is CCCCOc1cc([C@H](N2CCC(=O)N2)C(F)(F)F)cc2ccccc12. The van der Waals surface area contributed by atoms with Gasteiger partial charge in [0.1, 0.15) is 11.8 Å². The van der Waals surface area contributed by atoms with Crippen LogP contribution in [-0.4, -0.2) is 30.2 Å². The number of ether oxygens (including phenoxy) is 1. The van der Waals surface area contributed by atoms with Crippen molar-refractivity contribution in [2.45, 2.75) is 38.4 Å². The standard InChI is InChI=1S/C19H21F3N2O2/c1-2-3-10-26-16-12-14(11-13-6-4-5-7-15(13)16)18(19(20,21)22)24-9-8-17(25)23-24/h4-7,11-12,18H,2-3,8-10H2,1H3,(H,23,25)/t18-/m0/s1. The van der Waals surface area contributed by atoms with Crippen LogP contribution >= 0.6 is 0 Å². The van der Waals surface area contributed by atoms with Gasteiger partial charge < -0.3 is 4.74 Å². The lowest BCUT2D eigenvalue weighted by Crippen LogP contribution is -2.43. The van der Waals surface area contributed by atoms with Crippen molar-refractivity contribution in [3.63, 3.8) is 0 Å². The number of unbranched alkanes of at least 4 members (excludes halogenated alkanes) is 1. The number of fused-ring (bicyclic) bond motifs is 1. The number of nitrogens with one attached hydrogen (secondary N) is 1. The molecule has 0 bridgehead atoms. The van der Waals surface area contributed by atoms with Gasteiger partial charge in [-0.2, -0.15) is 13.2 Å².